The number of furan rings is 1. The highest BCUT2D eigenvalue weighted by Gasteiger charge is 2.36. The van der Waals surface area contributed by atoms with Crippen molar-refractivity contribution in [1.82, 2.24) is 0 Å². The van der Waals surface area contributed by atoms with Gasteiger partial charge in [0.05, 0.1) is 24.5 Å². The first-order chi connectivity index (χ1) is 7.93. The van der Waals surface area contributed by atoms with Gasteiger partial charge in [-0.05, 0) is 18.2 Å². The molecule has 1 aromatic carbocycles. The van der Waals surface area contributed by atoms with E-state index in [1.165, 1.54) is 12.3 Å². The molecule has 0 atom stereocenters. The van der Waals surface area contributed by atoms with Crippen LogP contribution in [0.15, 0.2) is 28.9 Å². The summed E-state index contributed by atoms with van der Waals surface area (Å²) in [5.74, 6) is -1.03. The Kier molecular flexibility index (Phi) is 2.57. The third-order valence-corrected chi connectivity index (χ3v) is 2.30. The van der Waals surface area contributed by atoms with Crippen LogP contribution in [0.3, 0.4) is 0 Å². The molecule has 0 bridgehead atoms. The molecule has 3 nitrogen and oxygen atoms in total. The monoisotopic (exact) mass is 244 g/mol. The highest BCUT2D eigenvalue weighted by atomic mass is 19.4. The molecule has 17 heavy (non-hydrogen) atoms. The summed E-state index contributed by atoms with van der Waals surface area (Å²) in [6, 6.07) is 3.37. The van der Waals surface area contributed by atoms with E-state index in [2.05, 4.69) is 4.74 Å². The van der Waals surface area contributed by atoms with E-state index in [-0.39, 0.29) is 5.58 Å². The van der Waals surface area contributed by atoms with Gasteiger partial charge in [0.1, 0.15) is 5.58 Å². The first-order valence-electron chi connectivity index (χ1n) is 4.60. The molecule has 0 fully saturated rings. The van der Waals surface area contributed by atoms with Gasteiger partial charge in [0.2, 0.25) is 0 Å². The number of rotatable bonds is 1. The van der Waals surface area contributed by atoms with Crippen molar-refractivity contribution >= 4 is 16.9 Å². The van der Waals surface area contributed by atoms with Crippen LogP contribution in [-0.2, 0) is 10.9 Å². The average Bonchev–Trinajstić information content (AvgIpc) is 2.72. The maximum absolute atomic E-state index is 12.7. The van der Waals surface area contributed by atoms with Crippen LogP contribution in [0.1, 0.15) is 15.9 Å². The van der Waals surface area contributed by atoms with Crippen LogP contribution in [-0.4, -0.2) is 13.1 Å². The Balaban J connectivity index is 2.72. The number of hydrogen-bond donors (Lipinski definition) is 0. The van der Waals surface area contributed by atoms with Gasteiger partial charge in [-0.3, -0.25) is 0 Å². The first kappa shape index (κ1) is 11.5. The molecule has 0 unspecified atom stereocenters. The van der Waals surface area contributed by atoms with Gasteiger partial charge in [0.15, 0.2) is 0 Å². The molecule has 1 heterocycles. The van der Waals surface area contributed by atoms with Crippen LogP contribution in [0.2, 0.25) is 0 Å². The van der Waals surface area contributed by atoms with Gasteiger partial charge in [-0.1, -0.05) is 0 Å². The molecule has 90 valence electrons. The lowest BCUT2D eigenvalue weighted by molar-refractivity contribution is -0.138. The predicted molar refractivity (Wildman–Crippen MR) is 52.6 cm³/mol. The highest BCUT2D eigenvalue weighted by Crippen LogP contribution is 2.35. The molecular weight excluding hydrogens is 237 g/mol. The van der Waals surface area contributed by atoms with Gasteiger partial charge in [0, 0.05) is 5.39 Å². The number of alkyl halides is 3. The molecule has 2 rings (SSSR count). The van der Waals surface area contributed by atoms with Crippen LogP contribution in [0.4, 0.5) is 13.2 Å². The second-order valence-electron chi connectivity index (χ2n) is 3.35. The number of hydrogen-bond acceptors (Lipinski definition) is 3. The summed E-state index contributed by atoms with van der Waals surface area (Å²) in [5, 5.41) is 0.415. The van der Waals surface area contributed by atoms with E-state index >= 15 is 0 Å². The number of fused-ring (bicyclic) bond motifs is 1. The van der Waals surface area contributed by atoms with Crippen molar-refractivity contribution in [2.75, 3.05) is 7.11 Å². The molecule has 0 aliphatic carbocycles. The van der Waals surface area contributed by atoms with Crippen molar-refractivity contribution < 1.29 is 27.1 Å². The Bertz CT molecular complexity index is 569. The Morgan fingerprint density at radius 2 is 2.06 bits per heavy atom. The zero-order chi connectivity index (χ0) is 12.6. The van der Waals surface area contributed by atoms with Crippen LogP contribution >= 0.6 is 0 Å². The second kappa shape index (κ2) is 3.80. The minimum Gasteiger partial charge on any atom is -0.465 e. The predicted octanol–water partition coefficient (Wildman–Crippen LogP) is 3.24. The van der Waals surface area contributed by atoms with Crippen LogP contribution in [0, 0.1) is 0 Å². The molecule has 0 radical (unpaired) electrons. The van der Waals surface area contributed by atoms with Crippen LogP contribution in [0.25, 0.3) is 11.0 Å². The number of carbonyl (C=O) groups excluding carboxylic acids is 1. The maximum Gasteiger partial charge on any atom is 0.417 e. The molecule has 0 aliphatic heterocycles. The number of benzene rings is 1. The van der Waals surface area contributed by atoms with E-state index < -0.39 is 23.3 Å². The summed E-state index contributed by atoms with van der Waals surface area (Å²) < 4.78 is 47.4. The van der Waals surface area contributed by atoms with Crippen LogP contribution < -0.4 is 0 Å². The minimum atomic E-state index is -4.63. The largest absolute Gasteiger partial charge is 0.465 e. The average molecular weight is 244 g/mol. The Hall–Kier alpha value is -1.98. The van der Waals surface area contributed by atoms with Gasteiger partial charge in [-0.2, -0.15) is 13.2 Å². The number of carbonyl (C=O) groups is 1. The summed E-state index contributed by atoms with van der Waals surface area (Å²) in [5.41, 5.74) is -1.51. The molecule has 0 amide bonds. The molecule has 6 heteroatoms. The minimum absolute atomic E-state index is 0.0741. The van der Waals surface area contributed by atoms with Gasteiger partial charge in [-0.25, -0.2) is 4.79 Å². The van der Waals surface area contributed by atoms with Gasteiger partial charge < -0.3 is 9.15 Å². The molecule has 0 saturated carbocycles. The summed E-state index contributed by atoms with van der Waals surface area (Å²) in [7, 11) is 1.03. The van der Waals surface area contributed by atoms with Gasteiger partial charge >= 0.3 is 12.1 Å². The van der Waals surface area contributed by atoms with Crippen molar-refractivity contribution in [3.05, 3.63) is 35.6 Å². The Labute approximate surface area is 93.8 Å². The van der Waals surface area contributed by atoms with Gasteiger partial charge in [0.25, 0.3) is 0 Å². The highest BCUT2D eigenvalue weighted by molar-refractivity contribution is 5.96. The third-order valence-electron chi connectivity index (χ3n) is 2.30. The fraction of sp³-hybridized carbons (Fsp3) is 0.182. The molecule has 1 aromatic heterocycles. The molecule has 0 N–H and O–H groups in total. The molecule has 0 spiro atoms. The SMILES string of the molecule is COC(=O)c1cc2ccoc2cc1C(F)(F)F. The number of halogens is 3. The number of esters is 1. The van der Waals surface area contributed by atoms with Crippen molar-refractivity contribution in [3.8, 4) is 0 Å². The Morgan fingerprint density at radius 3 is 2.65 bits per heavy atom. The topological polar surface area (TPSA) is 39.4 Å². The molecule has 0 aliphatic rings. The summed E-state index contributed by atoms with van der Waals surface area (Å²) in [6.45, 7) is 0. The lowest BCUT2D eigenvalue weighted by Gasteiger charge is -2.11. The second-order valence-corrected chi connectivity index (χ2v) is 3.35. The summed E-state index contributed by atoms with van der Waals surface area (Å²) in [6.07, 6.45) is -3.38. The van der Waals surface area contributed by atoms with Crippen molar-refractivity contribution in [2.45, 2.75) is 6.18 Å². The zero-order valence-corrected chi connectivity index (χ0v) is 8.67. The van der Waals surface area contributed by atoms with E-state index in [1.807, 2.05) is 0 Å². The quantitative estimate of drug-likeness (QED) is 0.723. The molecular formula is C11H7F3O3. The van der Waals surface area contributed by atoms with E-state index in [4.69, 9.17) is 4.42 Å². The first-order valence-corrected chi connectivity index (χ1v) is 4.60. The van der Waals surface area contributed by atoms with E-state index in [1.54, 1.807) is 0 Å². The smallest absolute Gasteiger partial charge is 0.417 e. The number of ether oxygens (including phenoxy) is 1. The van der Waals surface area contributed by atoms with Crippen LogP contribution in [0.5, 0.6) is 0 Å². The van der Waals surface area contributed by atoms with E-state index in [0.717, 1.165) is 19.2 Å². The normalized spacial score (nSPS) is 11.8. The fourth-order valence-corrected chi connectivity index (χ4v) is 1.52. The van der Waals surface area contributed by atoms with E-state index in [0.29, 0.717) is 5.39 Å². The summed E-state index contributed by atoms with van der Waals surface area (Å²) >= 11 is 0. The number of methoxy groups -OCH3 is 1. The molecule has 0 saturated heterocycles. The van der Waals surface area contributed by atoms with Crippen molar-refractivity contribution in [1.29, 1.82) is 0 Å². The van der Waals surface area contributed by atoms with Crippen molar-refractivity contribution in [3.63, 3.8) is 0 Å². The standard InChI is InChI=1S/C11H7F3O3/c1-16-10(15)7-4-6-2-3-17-9(6)5-8(7)11(12,13)14/h2-5H,1H3. The van der Waals surface area contributed by atoms with E-state index in [9.17, 15) is 18.0 Å². The zero-order valence-electron chi connectivity index (χ0n) is 8.67. The van der Waals surface area contributed by atoms with Gasteiger partial charge in [-0.15, -0.1) is 0 Å². The lowest BCUT2D eigenvalue weighted by atomic mass is 10.0. The lowest BCUT2D eigenvalue weighted by Crippen LogP contribution is -2.14. The summed E-state index contributed by atoms with van der Waals surface area (Å²) in [4.78, 5) is 11.3. The fourth-order valence-electron chi connectivity index (χ4n) is 1.52. The third kappa shape index (κ3) is 1.98. The van der Waals surface area contributed by atoms with Crippen molar-refractivity contribution in [2.24, 2.45) is 0 Å². The Morgan fingerprint density at radius 1 is 1.35 bits per heavy atom. The molecule has 2 aromatic rings. The maximum atomic E-state index is 12.7.